The highest BCUT2D eigenvalue weighted by Crippen LogP contribution is 2.43. The van der Waals surface area contributed by atoms with Gasteiger partial charge in [-0.2, -0.15) is 12.7 Å². The zero-order valence-corrected chi connectivity index (χ0v) is 12.7. The Balaban J connectivity index is 1.85. The van der Waals surface area contributed by atoms with Crippen molar-refractivity contribution in [3.63, 3.8) is 0 Å². The summed E-state index contributed by atoms with van der Waals surface area (Å²) < 4.78 is 28.9. The molecular weight excluding hydrogens is 262 g/mol. The van der Waals surface area contributed by atoms with Crippen LogP contribution in [0.25, 0.3) is 0 Å². The number of piperidine rings is 1. The lowest BCUT2D eigenvalue weighted by molar-refractivity contribution is 0.131. The molecule has 1 aliphatic carbocycles. The largest absolute Gasteiger partial charge is 0.330 e. The van der Waals surface area contributed by atoms with Crippen LogP contribution >= 0.6 is 0 Å². The van der Waals surface area contributed by atoms with Crippen LogP contribution < -0.4 is 10.5 Å². The first-order valence-electron chi connectivity index (χ1n) is 7.46. The molecule has 5 nitrogen and oxygen atoms in total. The quantitative estimate of drug-likeness (QED) is 0.768. The minimum absolute atomic E-state index is 0.225. The number of rotatable bonds is 6. The Morgan fingerprint density at radius 3 is 2.37 bits per heavy atom. The smallest absolute Gasteiger partial charge is 0.279 e. The Morgan fingerprint density at radius 1 is 1.32 bits per heavy atom. The molecule has 1 aliphatic heterocycles. The standard InChI is InChI=1S/C13H27N3O2S/c1-2-13(6-3-7-13)11-15-19(17,18)16-8-4-12(10-14)5-9-16/h12,15H,2-11,14H2,1H3. The van der Waals surface area contributed by atoms with Gasteiger partial charge in [0.25, 0.3) is 10.2 Å². The van der Waals surface area contributed by atoms with Crippen molar-refractivity contribution in [2.24, 2.45) is 17.1 Å². The molecule has 0 aromatic rings. The fraction of sp³-hybridized carbons (Fsp3) is 1.00. The van der Waals surface area contributed by atoms with E-state index in [4.69, 9.17) is 5.73 Å². The third-order valence-corrected chi connectivity index (χ3v) is 6.59. The molecule has 2 rings (SSSR count). The Bertz CT molecular complexity index is 379. The molecule has 6 heteroatoms. The van der Waals surface area contributed by atoms with Crippen molar-refractivity contribution in [3.05, 3.63) is 0 Å². The zero-order valence-electron chi connectivity index (χ0n) is 11.9. The predicted octanol–water partition coefficient (Wildman–Crippen LogP) is 1.07. The fourth-order valence-electron chi connectivity index (χ4n) is 3.05. The highest BCUT2D eigenvalue weighted by atomic mass is 32.2. The lowest BCUT2D eigenvalue weighted by Crippen LogP contribution is -2.49. The van der Waals surface area contributed by atoms with Crippen LogP contribution in [0.5, 0.6) is 0 Å². The maximum Gasteiger partial charge on any atom is 0.279 e. The molecule has 2 aliphatic rings. The molecule has 0 aromatic heterocycles. The van der Waals surface area contributed by atoms with Crippen LogP contribution in [0.3, 0.4) is 0 Å². The van der Waals surface area contributed by atoms with Gasteiger partial charge < -0.3 is 5.73 Å². The van der Waals surface area contributed by atoms with Gasteiger partial charge in [0.2, 0.25) is 0 Å². The number of hydrogen-bond acceptors (Lipinski definition) is 3. The van der Waals surface area contributed by atoms with Gasteiger partial charge in [0.1, 0.15) is 0 Å². The van der Waals surface area contributed by atoms with Crippen LogP contribution in [0.2, 0.25) is 0 Å². The molecule has 0 aromatic carbocycles. The van der Waals surface area contributed by atoms with E-state index < -0.39 is 10.2 Å². The number of nitrogens with one attached hydrogen (secondary N) is 1. The monoisotopic (exact) mass is 289 g/mol. The van der Waals surface area contributed by atoms with Gasteiger partial charge in [-0.05, 0) is 50.0 Å². The van der Waals surface area contributed by atoms with E-state index in [1.807, 2.05) is 0 Å². The molecule has 0 spiro atoms. The summed E-state index contributed by atoms with van der Waals surface area (Å²) in [6.45, 7) is 4.63. The summed E-state index contributed by atoms with van der Waals surface area (Å²) in [5.74, 6) is 0.486. The molecule has 0 bridgehead atoms. The van der Waals surface area contributed by atoms with Gasteiger partial charge >= 0.3 is 0 Å². The van der Waals surface area contributed by atoms with Crippen molar-refractivity contribution in [3.8, 4) is 0 Å². The Kier molecular flexibility index (Phi) is 4.87. The first-order valence-corrected chi connectivity index (χ1v) is 8.90. The molecule has 1 saturated heterocycles. The summed E-state index contributed by atoms with van der Waals surface area (Å²) in [5.41, 5.74) is 5.86. The SMILES string of the molecule is CCC1(CNS(=O)(=O)N2CCC(CN)CC2)CCC1. The molecule has 0 radical (unpaired) electrons. The minimum Gasteiger partial charge on any atom is -0.330 e. The van der Waals surface area contributed by atoms with E-state index in [2.05, 4.69) is 11.6 Å². The van der Waals surface area contributed by atoms with Gasteiger partial charge in [0.15, 0.2) is 0 Å². The first-order chi connectivity index (χ1) is 9.01. The minimum atomic E-state index is -3.29. The zero-order chi connectivity index (χ0) is 13.9. The third-order valence-electron chi connectivity index (χ3n) is 5.04. The van der Waals surface area contributed by atoms with Crippen molar-refractivity contribution >= 4 is 10.2 Å². The van der Waals surface area contributed by atoms with E-state index in [0.717, 1.165) is 32.1 Å². The Hall–Kier alpha value is -0.170. The van der Waals surface area contributed by atoms with Crippen molar-refractivity contribution in [1.29, 1.82) is 0 Å². The lowest BCUT2D eigenvalue weighted by Gasteiger charge is -2.42. The Morgan fingerprint density at radius 2 is 1.95 bits per heavy atom. The fourth-order valence-corrected chi connectivity index (χ4v) is 4.42. The van der Waals surface area contributed by atoms with Gasteiger partial charge in [-0.1, -0.05) is 13.3 Å². The van der Waals surface area contributed by atoms with E-state index >= 15 is 0 Å². The summed E-state index contributed by atoms with van der Waals surface area (Å²) >= 11 is 0. The van der Waals surface area contributed by atoms with Gasteiger partial charge in [-0.15, -0.1) is 0 Å². The first kappa shape index (κ1) is 15.2. The van der Waals surface area contributed by atoms with Crippen molar-refractivity contribution in [1.82, 2.24) is 9.03 Å². The maximum atomic E-state index is 12.3. The van der Waals surface area contributed by atoms with E-state index in [-0.39, 0.29) is 5.41 Å². The highest BCUT2D eigenvalue weighted by Gasteiger charge is 2.37. The Labute approximate surface area is 117 Å². The topological polar surface area (TPSA) is 75.4 Å². The lowest BCUT2D eigenvalue weighted by atomic mass is 9.67. The van der Waals surface area contributed by atoms with Crippen LogP contribution in [0, 0.1) is 11.3 Å². The van der Waals surface area contributed by atoms with Crippen molar-refractivity contribution in [2.75, 3.05) is 26.2 Å². The summed E-state index contributed by atoms with van der Waals surface area (Å²) in [5, 5.41) is 0. The molecule has 1 heterocycles. The molecule has 112 valence electrons. The molecule has 0 amide bonds. The van der Waals surface area contributed by atoms with Gasteiger partial charge in [-0.3, -0.25) is 0 Å². The second-order valence-electron chi connectivity index (χ2n) is 6.11. The second kappa shape index (κ2) is 6.08. The molecule has 2 fully saturated rings. The van der Waals surface area contributed by atoms with Gasteiger partial charge in [-0.25, -0.2) is 4.72 Å². The number of hydrogen-bond donors (Lipinski definition) is 2. The second-order valence-corrected chi connectivity index (χ2v) is 7.87. The average Bonchev–Trinajstić information content (AvgIpc) is 2.38. The normalized spacial score (nSPS) is 25.2. The van der Waals surface area contributed by atoms with E-state index in [1.165, 1.54) is 6.42 Å². The number of nitrogens with two attached hydrogens (primary N) is 1. The molecular formula is C13H27N3O2S. The predicted molar refractivity (Wildman–Crippen MR) is 76.8 cm³/mol. The van der Waals surface area contributed by atoms with Crippen LogP contribution in [0.1, 0.15) is 45.4 Å². The van der Waals surface area contributed by atoms with E-state index in [1.54, 1.807) is 4.31 Å². The molecule has 0 atom stereocenters. The molecule has 3 N–H and O–H groups in total. The summed E-state index contributed by atoms with van der Waals surface area (Å²) in [7, 11) is -3.29. The molecule has 0 unspecified atom stereocenters. The van der Waals surface area contributed by atoms with Crippen LogP contribution in [-0.4, -0.2) is 38.9 Å². The maximum absolute atomic E-state index is 12.3. The van der Waals surface area contributed by atoms with Gasteiger partial charge in [0.05, 0.1) is 0 Å². The molecule has 19 heavy (non-hydrogen) atoms. The van der Waals surface area contributed by atoms with Crippen molar-refractivity contribution in [2.45, 2.75) is 45.4 Å². The van der Waals surface area contributed by atoms with Crippen LogP contribution in [0.15, 0.2) is 0 Å². The third kappa shape index (κ3) is 3.48. The van der Waals surface area contributed by atoms with Crippen molar-refractivity contribution < 1.29 is 8.42 Å². The van der Waals surface area contributed by atoms with Gasteiger partial charge in [0, 0.05) is 19.6 Å². The van der Waals surface area contributed by atoms with Crippen LogP contribution in [0.4, 0.5) is 0 Å². The highest BCUT2D eigenvalue weighted by molar-refractivity contribution is 7.87. The summed E-state index contributed by atoms with van der Waals surface area (Å²) in [6, 6.07) is 0. The van der Waals surface area contributed by atoms with E-state index in [0.29, 0.717) is 32.1 Å². The van der Waals surface area contributed by atoms with E-state index in [9.17, 15) is 8.42 Å². The number of nitrogens with zero attached hydrogens (tertiary/aromatic N) is 1. The average molecular weight is 289 g/mol. The summed E-state index contributed by atoms with van der Waals surface area (Å²) in [4.78, 5) is 0. The summed E-state index contributed by atoms with van der Waals surface area (Å²) in [6.07, 6.45) is 6.37. The van der Waals surface area contributed by atoms with Crippen LogP contribution in [-0.2, 0) is 10.2 Å². The molecule has 1 saturated carbocycles.